The van der Waals surface area contributed by atoms with Crippen LogP contribution >= 0.6 is 23.2 Å². The van der Waals surface area contributed by atoms with Crippen LogP contribution in [-0.2, 0) is 6.54 Å². The third-order valence-electron chi connectivity index (χ3n) is 3.78. The van der Waals surface area contributed by atoms with Gasteiger partial charge in [0.2, 0.25) is 0 Å². The minimum absolute atomic E-state index is 0.759. The van der Waals surface area contributed by atoms with Gasteiger partial charge >= 0.3 is 0 Å². The highest BCUT2D eigenvalue weighted by atomic mass is 35.5. The first-order chi connectivity index (χ1) is 10.1. The van der Waals surface area contributed by atoms with Crippen molar-refractivity contribution in [2.45, 2.75) is 13.0 Å². The van der Waals surface area contributed by atoms with Gasteiger partial charge in [0.15, 0.2) is 0 Å². The molecule has 21 heavy (non-hydrogen) atoms. The molecular formula is C17H18Cl2N2. The zero-order chi connectivity index (χ0) is 15.0. The van der Waals surface area contributed by atoms with E-state index in [-0.39, 0.29) is 0 Å². The Hall–Kier alpha value is -1.22. The number of rotatable bonds is 4. The second kappa shape index (κ2) is 5.88. The number of fused-ring (bicyclic) bond motifs is 3. The Kier molecular flexibility index (Phi) is 4.12. The van der Waals surface area contributed by atoms with Crippen LogP contribution in [0.1, 0.15) is 6.42 Å². The Labute approximate surface area is 134 Å². The summed E-state index contributed by atoms with van der Waals surface area (Å²) in [4.78, 5) is 2.21. The van der Waals surface area contributed by atoms with E-state index in [1.165, 1.54) is 21.8 Å². The first kappa shape index (κ1) is 14.7. The van der Waals surface area contributed by atoms with Gasteiger partial charge < -0.3 is 9.47 Å². The van der Waals surface area contributed by atoms with Crippen molar-refractivity contribution in [3.63, 3.8) is 0 Å². The van der Waals surface area contributed by atoms with Gasteiger partial charge in [0, 0.05) is 38.4 Å². The minimum atomic E-state index is 0.759. The molecule has 0 saturated carbocycles. The summed E-state index contributed by atoms with van der Waals surface area (Å²) in [5.74, 6) is 0. The van der Waals surface area contributed by atoms with Gasteiger partial charge in [-0.2, -0.15) is 0 Å². The van der Waals surface area contributed by atoms with Crippen LogP contribution in [0.15, 0.2) is 36.4 Å². The van der Waals surface area contributed by atoms with Crippen LogP contribution in [0, 0.1) is 0 Å². The third-order valence-corrected chi connectivity index (χ3v) is 4.25. The molecule has 0 fully saturated rings. The van der Waals surface area contributed by atoms with Crippen molar-refractivity contribution in [1.82, 2.24) is 9.47 Å². The van der Waals surface area contributed by atoms with Gasteiger partial charge in [-0.25, -0.2) is 0 Å². The van der Waals surface area contributed by atoms with Gasteiger partial charge in [0.25, 0.3) is 0 Å². The summed E-state index contributed by atoms with van der Waals surface area (Å²) in [6.07, 6.45) is 1.11. The fourth-order valence-corrected chi connectivity index (χ4v) is 3.18. The fraction of sp³-hybridized carbons (Fsp3) is 0.294. The number of hydrogen-bond acceptors (Lipinski definition) is 1. The highest BCUT2D eigenvalue weighted by molar-refractivity contribution is 6.33. The summed E-state index contributed by atoms with van der Waals surface area (Å²) in [6.45, 7) is 2.06. The zero-order valence-electron chi connectivity index (χ0n) is 12.2. The molecule has 0 unspecified atom stereocenters. The highest BCUT2D eigenvalue weighted by Crippen LogP contribution is 2.32. The van der Waals surface area contributed by atoms with Gasteiger partial charge in [0.1, 0.15) is 0 Å². The largest absolute Gasteiger partial charge is 0.340 e. The Bertz CT molecular complexity index is 731. The number of hydrogen-bond donors (Lipinski definition) is 0. The molecule has 2 nitrogen and oxygen atoms in total. The first-order valence-electron chi connectivity index (χ1n) is 7.08. The smallest absolute Gasteiger partial charge is 0.0492 e. The Morgan fingerprint density at radius 1 is 0.905 bits per heavy atom. The van der Waals surface area contributed by atoms with Crippen LogP contribution in [0.2, 0.25) is 10.0 Å². The lowest BCUT2D eigenvalue weighted by Crippen LogP contribution is -2.15. The lowest BCUT2D eigenvalue weighted by atomic mass is 10.1. The van der Waals surface area contributed by atoms with Crippen molar-refractivity contribution >= 4 is 45.0 Å². The summed E-state index contributed by atoms with van der Waals surface area (Å²) in [6, 6.07) is 12.2. The van der Waals surface area contributed by atoms with Crippen molar-refractivity contribution in [2.24, 2.45) is 0 Å². The van der Waals surface area contributed by atoms with Crippen molar-refractivity contribution in [3.05, 3.63) is 46.4 Å². The predicted molar refractivity (Wildman–Crippen MR) is 92.6 cm³/mol. The van der Waals surface area contributed by atoms with Crippen LogP contribution in [0.5, 0.6) is 0 Å². The standard InChI is InChI=1S/C17H18Cl2N2/c1-20(2)8-3-9-21-16-6-4-12(18)10-14(16)15-11-13(19)5-7-17(15)21/h4-7,10-11H,3,8-9H2,1-2H3. The normalized spacial score (nSPS) is 11.9. The fourth-order valence-electron chi connectivity index (χ4n) is 2.83. The average molecular weight is 321 g/mol. The molecule has 2 aromatic carbocycles. The van der Waals surface area contributed by atoms with E-state index in [1.54, 1.807) is 0 Å². The molecule has 0 amide bonds. The number of aryl methyl sites for hydroxylation is 1. The lowest BCUT2D eigenvalue weighted by molar-refractivity contribution is 0.389. The maximum absolute atomic E-state index is 6.17. The van der Waals surface area contributed by atoms with Crippen LogP contribution in [0.25, 0.3) is 21.8 Å². The highest BCUT2D eigenvalue weighted by Gasteiger charge is 2.11. The molecule has 0 spiro atoms. The van der Waals surface area contributed by atoms with E-state index in [4.69, 9.17) is 23.2 Å². The van der Waals surface area contributed by atoms with Crippen molar-refractivity contribution in [3.8, 4) is 0 Å². The Morgan fingerprint density at radius 3 is 1.90 bits per heavy atom. The van der Waals surface area contributed by atoms with Gasteiger partial charge in [-0.1, -0.05) is 23.2 Å². The van der Waals surface area contributed by atoms with Crippen molar-refractivity contribution < 1.29 is 0 Å². The van der Waals surface area contributed by atoms with E-state index >= 15 is 0 Å². The molecule has 0 radical (unpaired) electrons. The molecule has 1 aromatic heterocycles. The second-order valence-corrected chi connectivity index (χ2v) is 6.50. The maximum Gasteiger partial charge on any atom is 0.0492 e. The average Bonchev–Trinajstić information content (AvgIpc) is 2.72. The van der Waals surface area contributed by atoms with Gasteiger partial charge in [-0.05, 0) is 63.5 Å². The molecule has 0 atom stereocenters. The van der Waals surface area contributed by atoms with E-state index in [2.05, 4.69) is 35.7 Å². The number of nitrogens with zero attached hydrogens (tertiary/aromatic N) is 2. The summed E-state index contributed by atoms with van der Waals surface area (Å²) >= 11 is 12.3. The molecular weight excluding hydrogens is 303 g/mol. The van der Waals surface area contributed by atoms with E-state index in [0.29, 0.717) is 0 Å². The van der Waals surface area contributed by atoms with Crippen molar-refractivity contribution in [2.75, 3.05) is 20.6 Å². The summed E-state index contributed by atoms with van der Waals surface area (Å²) in [5.41, 5.74) is 2.44. The molecule has 4 heteroatoms. The topological polar surface area (TPSA) is 8.17 Å². The molecule has 0 aliphatic heterocycles. The molecule has 0 aliphatic rings. The van der Waals surface area contributed by atoms with Gasteiger partial charge in [0.05, 0.1) is 0 Å². The predicted octanol–water partition coefficient (Wildman–Crippen LogP) is 5.05. The van der Waals surface area contributed by atoms with E-state index in [0.717, 1.165) is 29.6 Å². The number of benzene rings is 2. The molecule has 0 saturated heterocycles. The Morgan fingerprint density at radius 2 is 1.43 bits per heavy atom. The molecule has 0 N–H and O–H groups in total. The van der Waals surface area contributed by atoms with Crippen LogP contribution in [-0.4, -0.2) is 30.1 Å². The maximum atomic E-state index is 6.17. The van der Waals surface area contributed by atoms with Crippen LogP contribution in [0.3, 0.4) is 0 Å². The molecule has 1 heterocycles. The SMILES string of the molecule is CN(C)CCCn1c2ccc(Cl)cc2c2cc(Cl)ccc21. The quantitative estimate of drug-likeness (QED) is 0.652. The molecule has 0 aliphatic carbocycles. The number of halogens is 2. The van der Waals surface area contributed by atoms with Gasteiger partial charge in [-0.15, -0.1) is 0 Å². The van der Waals surface area contributed by atoms with Crippen LogP contribution < -0.4 is 0 Å². The van der Waals surface area contributed by atoms with Crippen LogP contribution in [0.4, 0.5) is 0 Å². The molecule has 110 valence electrons. The summed E-state index contributed by atoms with van der Waals surface area (Å²) in [7, 11) is 4.21. The van der Waals surface area contributed by atoms with E-state index < -0.39 is 0 Å². The zero-order valence-corrected chi connectivity index (χ0v) is 13.7. The van der Waals surface area contributed by atoms with Crippen molar-refractivity contribution in [1.29, 1.82) is 0 Å². The molecule has 0 bridgehead atoms. The Balaban J connectivity index is 2.15. The number of aromatic nitrogens is 1. The molecule has 3 rings (SSSR count). The first-order valence-corrected chi connectivity index (χ1v) is 7.83. The van der Waals surface area contributed by atoms with E-state index in [1.807, 2.05) is 24.3 Å². The lowest BCUT2D eigenvalue weighted by Gasteiger charge is -2.11. The van der Waals surface area contributed by atoms with E-state index in [9.17, 15) is 0 Å². The monoisotopic (exact) mass is 320 g/mol. The third kappa shape index (κ3) is 2.89. The molecule has 3 aromatic rings. The summed E-state index contributed by atoms with van der Waals surface area (Å²) in [5, 5.41) is 3.86. The summed E-state index contributed by atoms with van der Waals surface area (Å²) < 4.78 is 2.36. The second-order valence-electron chi connectivity index (χ2n) is 5.63. The van der Waals surface area contributed by atoms with Gasteiger partial charge in [-0.3, -0.25) is 0 Å². The minimum Gasteiger partial charge on any atom is -0.340 e.